The van der Waals surface area contributed by atoms with E-state index in [2.05, 4.69) is 38.4 Å². The number of pyridine rings is 1. The van der Waals surface area contributed by atoms with Crippen molar-refractivity contribution in [1.29, 1.82) is 0 Å². The van der Waals surface area contributed by atoms with Crippen LogP contribution in [0.4, 0.5) is 17.2 Å². The lowest BCUT2D eigenvalue weighted by Crippen LogP contribution is -2.58. The Balaban J connectivity index is 1.23. The number of amides is 2. The van der Waals surface area contributed by atoms with E-state index in [0.717, 1.165) is 47.4 Å². The van der Waals surface area contributed by atoms with E-state index in [9.17, 15) is 9.59 Å². The predicted molar refractivity (Wildman–Crippen MR) is 162 cm³/mol. The predicted octanol–water partition coefficient (Wildman–Crippen LogP) is 3.62. The lowest BCUT2D eigenvalue weighted by Gasteiger charge is -2.41. The van der Waals surface area contributed by atoms with Gasteiger partial charge >= 0.3 is 0 Å². The zero-order valence-electron chi connectivity index (χ0n) is 23.6. The second-order valence-electron chi connectivity index (χ2n) is 11.9. The van der Waals surface area contributed by atoms with Gasteiger partial charge in [-0.15, -0.1) is 0 Å². The van der Waals surface area contributed by atoms with Crippen molar-refractivity contribution in [1.82, 2.24) is 20.2 Å². The summed E-state index contributed by atoms with van der Waals surface area (Å²) in [5.74, 6) is 0.332. The Hall–Kier alpha value is -4.37. The monoisotopic (exact) mass is 551 g/mol. The van der Waals surface area contributed by atoms with Crippen LogP contribution in [0.5, 0.6) is 0 Å². The fraction of sp³-hybridized carbons (Fsp3) is 0.344. The molecule has 2 aromatic heterocycles. The van der Waals surface area contributed by atoms with Crippen LogP contribution in [0.25, 0.3) is 10.9 Å². The first-order valence-corrected chi connectivity index (χ1v) is 14.2. The van der Waals surface area contributed by atoms with Crippen molar-refractivity contribution in [2.45, 2.75) is 50.1 Å². The summed E-state index contributed by atoms with van der Waals surface area (Å²) in [6.07, 6.45) is 5.67. The number of hydrogen-bond acceptors (Lipinski definition) is 6. The number of H-pyrrole nitrogens is 1. The van der Waals surface area contributed by atoms with Crippen LogP contribution in [0.1, 0.15) is 37.8 Å². The molecular formula is C32H37N7O2. The summed E-state index contributed by atoms with van der Waals surface area (Å²) >= 11 is 0. The molecule has 2 aromatic carbocycles. The highest BCUT2D eigenvalue weighted by atomic mass is 16.2. The van der Waals surface area contributed by atoms with Crippen molar-refractivity contribution in [2.75, 3.05) is 30.3 Å². The molecule has 9 heteroatoms. The molecule has 1 spiro atoms. The second-order valence-corrected chi connectivity index (χ2v) is 11.9. The molecule has 212 valence electrons. The number of nitrogens with two attached hydrogens (primary N) is 2. The number of nitrogens with one attached hydrogen (secondary N) is 2. The SMILES string of the molecule is CC(C)(N)C(=O)N[C@H](Cc1c[nH]c2ccccc12)C(=O)N1CCC2(CC1)CN(c1ncccc1N)c1ccccc12. The van der Waals surface area contributed by atoms with Gasteiger partial charge in [-0.2, -0.15) is 0 Å². The van der Waals surface area contributed by atoms with Gasteiger partial charge in [0.05, 0.1) is 11.2 Å². The van der Waals surface area contributed by atoms with E-state index in [0.29, 0.717) is 25.2 Å². The molecule has 1 atom stereocenters. The Bertz CT molecular complexity index is 1600. The zero-order chi connectivity index (χ0) is 28.8. The number of para-hydroxylation sites is 2. The van der Waals surface area contributed by atoms with Crippen LogP contribution in [-0.4, -0.2) is 57.9 Å². The van der Waals surface area contributed by atoms with Crippen LogP contribution >= 0.6 is 0 Å². The molecule has 0 aliphatic carbocycles. The Morgan fingerprint density at radius 3 is 2.56 bits per heavy atom. The molecule has 1 fully saturated rings. The molecular weight excluding hydrogens is 514 g/mol. The molecule has 6 rings (SSSR count). The van der Waals surface area contributed by atoms with Crippen molar-refractivity contribution in [2.24, 2.45) is 5.73 Å². The lowest BCUT2D eigenvalue weighted by atomic mass is 9.74. The minimum atomic E-state index is -1.10. The van der Waals surface area contributed by atoms with Gasteiger partial charge in [-0.05, 0) is 62.1 Å². The smallest absolute Gasteiger partial charge is 0.245 e. The zero-order valence-corrected chi connectivity index (χ0v) is 23.6. The summed E-state index contributed by atoms with van der Waals surface area (Å²) in [7, 11) is 0. The fourth-order valence-corrected chi connectivity index (χ4v) is 6.32. The number of piperidine rings is 1. The molecule has 2 aliphatic heterocycles. The number of hydrogen-bond donors (Lipinski definition) is 4. The topological polar surface area (TPSA) is 133 Å². The summed E-state index contributed by atoms with van der Waals surface area (Å²) < 4.78 is 0. The van der Waals surface area contributed by atoms with E-state index in [1.54, 1.807) is 20.0 Å². The average molecular weight is 552 g/mol. The molecule has 1 saturated heterocycles. The number of aromatic nitrogens is 2. The van der Waals surface area contributed by atoms with E-state index in [1.165, 1.54) is 5.56 Å². The molecule has 2 amide bonds. The summed E-state index contributed by atoms with van der Waals surface area (Å²) in [6, 6.07) is 19.4. The Labute approximate surface area is 239 Å². The first-order chi connectivity index (χ1) is 19.7. The van der Waals surface area contributed by atoms with Crippen LogP contribution in [0.15, 0.2) is 73.1 Å². The maximum Gasteiger partial charge on any atom is 0.245 e. The van der Waals surface area contributed by atoms with Gasteiger partial charge in [-0.1, -0.05) is 36.4 Å². The van der Waals surface area contributed by atoms with Crippen LogP contribution in [0.3, 0.4) is 0 Å². The third-order valence-corrected chi connectivity index (χ3v) is 8.62. The summed E-state index contributed by atoms with van der Waals surface area (Å²) in [5.41, 5.74) is 16.2. The van der Waals surface area contributed by atoms with Crippen LogP contribution in [0, 0.1) is 0 Å². The van der Waals surface area contributed by atoms with Crippen molar-refractivity contribution in [3.63, 3.8) is 0 Å². The fourth-order valence-electron chi connectivity index (χ4n) is 6.32. The van der Waals surface area contributed by atoms with E-state index in [-0.39, 0.29) is 17.2 Å². The number of aromatic amines is 1. The average Bonchev–Trinajstić information content (AvgIpc) is 3.52. The van der Waals surface area contributed by atoms with Crippen molar-refractivity contribution in [3.8, 4) is 0 Å². The van der Waals surface area contributed by atoms with Gasteiger partial charge in [0, 0.05) is 60.5 Å². The second kappa shape index (κ2) is 10.2. The molecule has 4 heterocycles. The van der Waals surface area contributed by atoms with E-state index < -0.39 is 11.6 Å². The quantitative estimate of drug-likeness (QED) is 0.289. The number of rotatable bonds is 6. The number of fused-ring (bicyclic) bond motifs is 3. The van der Waals surface area contributed by atoms with Crippen LogP contribution in [0.2, 0.25) is 0 Å². The first kappa shape index (κ1) is 26.8. The molecule has 41 heavy (non-hydrogen) atoms. The number of nitrogen functional groups attached to an aromatic ring is 1. The minimum Gasteiger partial charge on any atom is -0.396 e. The van der Waals surface area contributed by atoms with Gasteiger partial charge in [-0.25, -0.2) is 4.98 Å². The van der Waals surface area contributed by atoms with Gasteiger partial charge in [-0.3, -0.25) is 9.59 Å². The van der Waals surface area contributed by atoms with Gasteiger partial charge in [0.15, 0.2) is 5.82 Å². The number of likely N-dealkylation sites (tertiary alicyclic amines) is 1. The summed E-state index contributed by atoms with van der Waals surface area (Å²) in [5, 5.41) is 4.01. The van der Waals surface area contributed by atoms with Gasteiger partial charge in [0.1, 0.15) is 6.04 Å². The van der Waals surface area contributed by atoms with Gasteiger partial charge in [0.25, 0.3) is 0 Å². The normalized spacial score (nSPS) is 17.0. The number of benzene rings is 2. The van der Waals surface area contributed by atoms with Crippen LogP contribution in [-0.2, 0) is 21.4 Å². The van der Waals surface area contributed by atoms with Gasteiger partial charge < -0.3 is 31.6 Å². The maximum absolute atomic E-state index is 14.0. The molecule has 0 unspecified atom stereocenters. The number of nitrogens with zero attached hydrogens (tertiary/aromatic N) is 3. The highest BCUT2D eigenvalue weighted by Crippen LogP contribution is 2.50. The van der Waals surface area contributed by atoms with E-state index in [1.807, 2.05) is 53.6 Å². The molecule has 0 saturated carbocycles. The third kappa shape index (κ3) is 4.91. The third-order valence-electron chi connectivity index (χ3n) is 8.62. The molecule has 6 N–H and O–H groups in total. The number of anilines is 3. The summed E-state index contributed by atoms with van der Waals surface area (Å²) in [6.45, 7) is 5.23. The van der Waals surface area contributed by atoms with Crippen molar-refractivity contribution < 1.29 is 9.59 Å². The number of carbonyl (C=O) groups excluding carboxylic acids is 2. The molecule has 2 aliphatic rings. The lowest BCUT2D eigenvalue weighted by molar-refractivity contribution is -0.138. The standard InChI is InChI=1S/C32H37N7O2/c1-31(2,34)30(41)37-26(18-21-19-36-25-11-5-3-8-22(21)25)29(40)38-16-13-32(14-17-38)20-39(27-12-6-4-9-23(27)32)28-24(33)10-7-15-35-28/h3-12,15,19,26,36H,13-14,16-18,20,33-34H2,1-2H3,(H,37,41)/t26-/m1/s1. The highest BCUT2D eigenvalue weighted by Gasteiger charge is 2.46. The molecule has 9 nitrogen and oxygen atoms in total. The largest absolute Gasteiger partial charge is 0.396 e. The molecule has 4 aromatic rings. The van der Waals surface area contributed by atoms with E-state index >= 15 is 0 Å². The van der Waals surface area contributed by atoms with Gasteiger partial charge in [0.2, 0.25) is 11.8 Å². The van der Waals surface area contributed by atoms with E-state index in [4.69, 9.17) is 11.5 Å². The van der Waals surface area contributed by atoms with Crippen molar-refractivity contribution >= 4 is 39.9 Å². The highest BCUT2D eigenvalue weighted by molar-refractivity contribution is 5.92. The van der Waals surface area contributed by atoms with Crippen molar-refractivity contribution in [3.05, 3.63) is 84.2 Å². The Kier molecular flexibility index (Phi) is 6.69. The van der Waals surface area contributed by atoms with Crippen LogP contribution < -0.4 is 21.7 Å². The maximum atomic E-state index is 14.0. The Morgan fingerprint density at radius 2 is 1.80 bits per heavy atom. The number of carbonyl (C=O) groups is 2. The Morgan fingerprint density at radius 1 is 1.07 bits per heavy atom. The minimum absolute atomic E-state index is 0.0835. The summed E-state index contributed by atoms with van der Waals surface area (Å²) in [4.78, 5) is 39.0. The molecule has 0 radical (unpaired) electrons. The molecule has 0 bridgehead atoms. The first-order valence-electron chi connectivity index (χ1n) is 14.2.